The Morgan fingerprint density at radius 3 is 2.57 bits per heavy atom. The number of terminal acetylenes is 1. The number of rotatable bonds is 4. The van der Waals surface area contributed by atoms with Crippen LogP contribution in [0, 0.1) is 12.3 Å². The van der Waals surface area contributed by atoms with Crippen LogP contribution in [0.4, 0.5) is 0 Å². The number of nitrogens with one attached hydrogen (secondary N) is 1. The van der Waals surface area contributed by atoms with Crippen LogP contribution in [0.25, 0.3) is 0 Å². The van der Waals surface area contributed by atoms with Crippen molar-refractivity contribution in [2.75, 3.05) is 6.26 Å². The quantitative estimate of drug-likeness (QED) is 0.599. The molecule has 0 spiro atoms. The Labute approximate surface area is 90.3 Å². The van der Waals surface area contributed by atoms with E-state index in [4.69, 9.17) is 6.42 Å². The van der Waals surface area contributed by atoms with Gasteiger partial charge in [0.25, 0.3) is 0 Å². The van der Waals surface area contributed by atoms with Gasteiger partial charge in [0.1, 0.15) is 0 Å². The van der Waals surface area contributed by atoms with Gasteiger partial charge in [-0.25, -0.2) is 0 Å². The zero-order chi connectivity index (χ0) is 10.4. The summed E-state index contributed by atoms with van der Waals surface area (Å²) in [7, 11) is 0. The molecule has 1 aromatic rings. The molecule has 1 aromatic carbocycles. The van der Waals surface area contributed by atoms with Gasteiger partial charge in [-0.2, -0.15) is 0 Å². The Balaban J connectivity index is 2.48. The molecule has 0 bridgehead atoms. The van der Waals surface area contributed by atoms with Crippen molar-refractivity contribution in [1.29, 1.82) is 0 Å². The summed E-state index contributed by atoms with van der Waals surface area (Å²) in [6, 6.07) is 8.64. The van der Waals surface area contributed by atoms with E-state index in [1.165, 1.54) is 10.5 Å². The topological polar surface area (TPSA) is 12.0 Å². The van der Waals surface area contributed by atoms with E-state index >= 15 is 0 Å². The lowest BCUT2D eigenvalue weighted by Crippen LogP contribution is -2.23. The predicted octanol–water partition coefficient (Wildman–Crippen LogP) is 2.52. The van der Waals surface area contributed by atoms with E-state index in [0.29, 0.717) is 0 Å². The van der Waals surface area contributed by atoms with Gasteiger partial charge >= 0.3 is 0 Å². The monoisotopic (exact) mass is 205 g/mol. The number of thioether (sulfide) groups is 1. The second kappa shape index (κ2) is 5.74. The molecule has 0 aliphatic rings. The van der Waals surface area contributed by atoms with Gasteiger partial charge in [0, 0.05) is 11.4 Å². The first-order valence-electron chi connectivity index (χ1n) is 4.58. The van der Waals surface area contributed by atoms with Crippen LogP contribution >= 0.6 is 11.8 Å². The number of hydrogen-bond donors (Lipinski definition) is 1. The first-order valence-corrected chi connectivity index (χ1v) is 5.81. The fraction of sp³-hybridized carbons (Fsp3) is 0.333. The molecule has 1 unspecified atom stereocenters. The molecule has 0 heterocycles. The van der Waals surface area contributed by atoms with Crippen LogP contribution in [0.2, 0.25) is 0 Å². The highest BCUT2D eigenvalue weighted by Gasteiger charge is 1.96. The zero-order valence-corrected chi connectivity index (χ0v) is 9.40. The number of benzene rings is 1. The fourth-order valence-electron chi connectivity index (χ4n) is 1.07. The van der Waals surface area contributed by atoms with Crippen molar-refractivity contribution in [3.63, 3.8) is 0 Å². The van der Waals surface area contributed by atoms with Crippen molar-refractivity contribution in [2.45, 2.75) is 24.4 Å². The normalized spacial score (nSPS) is 12.1. The minimum atomic E-state index is 0.134. The average molecular weight is 205 g/mol. The first-order chi connectivity index (χ1) is 6.76. The summed E-state index contributed by atoms with van der Waals surface area (Å²) < 4.78 is 0. The molecular weight excluding hydrogens is 190 g/mol. The smallest absolute Gasteiger partial charge is 0.0660 e. The van der Waals surface area contributed by atoms with Gasteiger partial charge in [-0.05, 0) is 30.9 Å². The Hall–Kier alpha value is -0.910. The molecule has 0 saturated carbocycles. The maximum atomic E-state index is 5.27. The molecule has 0 aliphatic heterocycles. The molecule has 1 nitrogen and oxygen atoms in total. The first kappa shape index (κ1) is 11.2. The minimum absolute atomic E-state index is 0.134. The third-order valence-corrected chi connectivity index (χ3v) is 2.76. The Morgan fingerprint density at radius 2 is 2.07 bits per heavy atom. The van der Waals surface area contributed by atoms with Crippen molar-refractivity contribution in [3.8, 4) is 12.3 Å². The van der Waals surface area contributed by atoms with Gasteiger partial charge in [0.15, 0.2) is 0 Å². The van der Waals surface area contributed by atoms with E-state index < -0.39 is 0 Å². The van der Waals surface area contributed by atoms with Gasteiger partial charge in [0.2, 0.25) is 0 Å². The van der Waals surface area contributed by atoms with Crippen LogP contribution in [-0.4, -0.2) is 12.3 Å². The summed E-state index contributed by atoms with van der Waals surface area (Å²) in [5, 5.41) is 3.24. The molecular formula is C12H15NS. The standard InChI is InChI=1S/C12H15NS/c1-4-10(2)13-9-11-5-7-12(14-3)8-6-11/h1,5-8,10,13H,9H2,2-3H3. The lowest BCUT2D eigenvalue weighted by atomic mass is 10.2. The zero-order valence-electron chi connectivity index (χ0n) is 8.58. The maximum absolute atomic E-state index is 5.27. The summed E-state index contributed by atoms with van der Waals surface area (Å²) in [6.45, 7) is 2.82. The van der Waals surface area contributed by atoms with Crippen LogP contribution in [0.3, 0.4) is 0 Å². The molecule has 2 heteroatoms. The third-order valence-electron chi connectivity index (χ3n) is 2.02. The van der Waals surface area contributed by atoms with E-state index in [-0.39, 0.29) is 6.04 Å². The van der Waals surface area contributed by atoms with Gasteiger partial charge in [-0.3, -0.25) is 5.32 Å². The molecule has 0 amide bonds. The predicted molar refractivity (Wildman–Crippen MR) is 63.4 cm³/mol. The Morgan fingerprint density at radius 1 is 1.43 bits per heavy atom. The third kappa shape index (κ3) is 3.45. The summed E-state index contributed by atoms with van der Waals surface area (Å²) >= 11 is 1.75. The van der Waals surface area contributed by atoms with Gasteiger partial charge < -0.3 is 0 Å². The summed E-state index contributed by atoms with van der Waals surface area (Å²) in [5.41, 5.74) is 1.27. The SMILES string of the molecule is C#CC(C)NCc1ccc(SC)cc1. The van der Waals surface area contributed by atoms with Crippen molar-refractivity contribution >= 4 is 11.8 Å². The number of hydrogen-bond acceptors (Lipinski definition) is 2. The van der Waals surface area contributed by atoms with Gasteiger partial charge in [-0.1, -0.05) is 18.1 Å². The lowest BCUT2D eigenvalue weighted by Gasteiger charge is -2.07. The fourth-order valence-corrected chi connectivity index (χ4v) is 1.48. The largest absolute Gasteiger partial charge is 0.300 e. The van der Waals surface area contributed by atoms with Crippen LogP contribution in [-0.2, 0) is 6.54 Å². The van der Waals surface area contributed by atoms with E-state index in [0.717, 1.165) is 6.54 Å². The average Bonchev–Trinajstić information content (AvgIpc) is 2.26. The summed E-state index contributed by atoms with van der Waals surface area (Å²) in [4.78, 5) is 1.29. The molecule has 0 fully saturated rings. The van der Waals surface area contributed by atoms with E-state index in [2.05, 4.69) is 41.8 Å². The van der Waals surface area contributed by atoms with Crippen molar-refractivity contribution < 1.29 is 0 Å². The van der Waals surface area contributed by atoms with Crippen LogP contribution in [0.5, 0.6) is 0 Å². The van der Waals surface area contributed by atoms with Gasteiger partial charge in [0.05, 0.1) is 6.04 Å². The van der Waals surface area contributed by atoms with Gasteiger partial charge in [-0.15, -0.1) is 18.2 Å². The lowest BCUT2D eigenvalue weighted by molar-refractivity contribution is 0.648. The van der Waals surface area contributed by atoms with Crippen molar-refractivity contribution in [1.82, 2.24) is 5.32 Å². The van der Waals surface area contributed by atoms with Crippen molar-refractivity contribution in [3.05, 3.63) is 29.8 Å². The van der Waals surface area contributed by atoms with Crippen LogP contribution in [0.15, 0.2) is 29.2 Å². The second-order valence-electron chi connectivity index (χ2n) is 3.12. The highest BCUT2D eigenvalue weighted by molar-refractivity contribution is 7.98. The molecule has 74 valence electrons. The highest BCUT2D eigenvalue weighted by Crippen LogP contribution is 2.14. The molecule has 1 rings (SSSR count). The summed E-state index contributed by atoms with van der Waals surface area (Å²) in [6.07, 6.45) is 7.34. The molecule has 0 aliphatic carbocycles. The highest BCUT2D eigenvalue weighted by atomic mass is 32.2. The molecule has 0 saturated heterocycles. The molecule has 1 atom stereocenters. The van der Waals surface area contributed by atoms with E-state index in [9.17, 15) is 0 Å². The maximum Gasteiger partial charge on any atom is 0.0660 e. The molecule has 0 aromatic heterocycles. The molecule has 1 N–H and O–H groups in total. The van der Waals surface area contributed by atoms with Crippen LogP contribution < -0.4 is 5.32 Å². The minimum Gasteiger partial charge on any atom is -0.300 e. The molecule has 14 heavy (non-hydrogen) atoms. The second-order valence-corrected chi connectivity index (χ2v) is 4.00. The van der Waals surface area contributed by atoms with E-state index in [1.807, 2.05) is 6.92 Å². The van der Waals surface area contributed by atoms with Crippen molar-refractivity contribution in [2.24, 2.45) is 0 Å². The molecule has 0 radical (unpaired) electrons. The van der Waals surface area contributed by atoms with Crippen LogP contribution in [0.1, 0.15) is 12.5 Å². The summed E-state index contributed by atoms with van der Waals surface area (Å²) in [5.74, 6) is 2.64. The van der Waals surface area contributed by atoms with E-state index in [1.54, 1.807) is 11.8 Å². The Kier molecular flexibility index (Phi) is 4.58. The Bertz CT molecular complexity index is 310.